The van der Waals surface area contributed by atoms with Crippen LogP contribution in [0.25, 0.3) is 11.5 Å². The summed E-state index contributed by atoms with van der Waals surface area (Å²) in [5.74, 6) is 1.54. The number of aromatic nitrogens is 1. The number of morpholine rings is 1. The molecule has 1 atom stereocenters. The number of rotatable bonds is 7. The van der Waals surface area contributed by atoms with Crippen molar-refractivity contribution in [1.29, 1.82) is 5.26 Å². The highest BCUT2D eigenvalue weighted by atomic mass is 16.5. The lowest BCUT2D eigenvalue weighted by Gasteiger charge is -2.34. The van der Waals surface area contributed by atoms with E-state index in [-0.39, 0.29) is 11.7 Å². The van der Waals surface area contributed by atoms with Crippen LogP contribution in [0.4, 0.5) is 5.88 Å². The Labute approximate surface area is 175 Å². The Morgan fingerprint density at radius 3 is 2.53 bits per heavy atom. The smallest absolute Gasteiger partial charge is 0.232 e. The number of nitrogens with one attached hydrogen (secondary N) is 1. The SMILES string of the molecule is COc1ccc(-c2nc(C#N)c(NCC(c3ccccc3)N3CCOCC3)o2)cc1. The monoisotopic (exact) mass is 404 g/mol. The quantitative estimate of drug-likeness (QED) is 0.643. The molecule has 0 saturated carbocycles. The molecule has 1 N–H and O–H groups in total. The second-order valence-electron chi connectivity index (χ2n) is 6.99. The number of ether oxygens (including phenoxy) is 2. The van der Waals surface area contributed by atoms with Crippen LogP contribution >= 0.6 is 0 Å². The van der Waals surface area contributed by atoms with Crippen molar-refractivity contribution >= 4 is 5.88 Å². The summed E-state index contributed by atoms with van der Waals surface area (Å²) < 4.78 is 16.6. The normalized spacial score (nSPS) is 15.3. The number of benzene rings is 2. The summed E-state index contributed by atoms with van der Waals surface area (Å²) in [5, 5.41) is 12.8. The van der Waals surface area contributed by atoms with E-state index in [1.807, 2.05) is 42.5 Å². The van der Waals surface area contributed by atoms with Crippen LogP contribution in [0.15, 0.2) is 59.0 Å². The largest absolute Gasteiger partial charge is 0.497 e. The molecular weight excluding hydrogens is 380 g/mol. The Morgan fingerprint density at radius 2 is 1.87 bits per heavy atom. The lowest BCUT2D eigenvalue weighted by molar-refractivity contribution is 0.0186. The molecule has 0 amide bonds. The van der Waals surface area contributed by atoms with Gasteiger partial charge in [0.25, 0.3) is 0 Å². The first-order chi connectivity index (χ1) is 14.8. The van der Waals surface area contributed by atoms with Gasteiger partial charge in [0.1, 0.15) is 11.8 Å². The molecule has 1 unspecified atom stereocenters. The topological polar surface area (TPSA) is 83.5 Å². The van der Waals surface area contributed by atoms with Crippen LogP contribution in [0, 0.1) is 11.3 Å². The maximum Gasteiger partial charge on any atom is 0.232 e. The Balaban J connectivity index is 1.54. The third-order valence-electron chi connectivity index (χ3n) is 5.20. The molecule has 7 nitrogen and oxygen atoms in total. The zero-order chi connectivity index (χ0) is 20.8. The predicted octanol–water partition coefficient (Wildman–Crippen LogP) is 3.71. The number of hydrogen-bond donors (Lipinski definition) is 1. The van der Waals surface area contributed by atoms with E-state index in [1.165, 1.54) is 5.56 Å². The van der Waals surface area contributed by atoms with Gasteiger partial charge in [-0.3, -0.25) is 4.90 Å². The van der Waals surface area contributed by atoms with Crippen LogP contribution in [-0.2, 0) is 4.74 Å². The molecule has 154 valence electrons. The molecule has 1 aromatic heterocycles. The van der Waals surface area contributed by atoms with Gasteiger partial charge in [-0.05, 0) is 29.8 Å². The van der Waals surface area contributed by atoms with Crippen molar-refractivity contribution in [3.8, 4) is 23.3 Å². The summed E-state index contributed by atoms with van der Waals surface area (Å²) >= 11 is 0. The molecule has 0 bridgehead atoms. The number of anilines is 1. The third-order valence-corrected chi connectivity index (χ3v) is 5.20. The number of nitriles is 1. The molecule has 3 aromatic rings. The molecular formula is C23H24N4O3. The van der Waals surface area contributed by atoms with Gasteiger partial charge in [-0.15, -0.1) is 0 Å². The molecule has 1 saturated heterocycles. The van der Waals surface area contributed by atoms with Gasteiger partial charge in [0.05, 0.1) is 26.4 Å². The zero-order valence-corrected chi connectivity index (χ0v) is 16.9. The fourth-order valence-electron chi connectivity index (χ4n) is 3.58. The minimum absolute atomic E-state index is 0.135. The highest BCUT2D eigenvalue weighted by Gasteiger charge is 2.24. The van der Waals surface area contributed by atoms with Gasteiger partial charge in [-0.25, -0.2) is 0 Å². The van der Waals surface area contributed by atoms with Crippen LogP contribution in [0.3, 0.4) is 0 Å². The van der Waals surface area contributed by atoms with Gasteiger partial charge in [0.15, 0.2) is 0 Å². The molecule has 2 heterocycles. The first kappa shape index (κ1) is 20.0. The Hall–Kier alpha value is -3.34. The fraction of sp³-hybridized carbons (Fsp3) is 0.304. The van der Waals surface area contributed by atoms with E-state index in [4.69, 9.17) is 13.9 Å². The molecule has 7 heteroatoms. The van der Waals surface area contributed by atoms with E-state index < -0.39 is 0 Å². The summed E-state index contributed by atoms with van der Waals surface area (Å²) in [5.41, 5.74) is 2.24. The van der Waals surface area contributed by atoms with Gasteiger partial charge in [0.2, 0.25) is 17.5 Å². The predicted molar refractivity (Wildman–Crippen MR) is 113 cm³/mol. The van der Waals surface area contributed by atoms with Crippen molar-refractivity contribution in [1.82, 2.24) is 9.88 Å². The number of methoxy groups -OCH3 is 1. The maximum absolute atomic E-state index is 9.53. The maximum atomic E-state index is 9.53. The first-order valence-electron chi connectivity index (χ1n) is 9.94. The van der Waals surface area contributed by atoms with E-state index in [1.54, 1.807) is 7.11 Å². The molecule has 30 heavy (non-hydrogen) atoms. The summed E-state index contributed by atoms with van der Waals surface area (Å²) in [6.07, 6.45) is 0. The van der Waals surface area contributed by atoms with E-state index in [9.17, 15) is 5.26 Å². The summed E-state index contributed by atoms with van der Waals surface area (Å²) in [6, 6.07) is 20.0. The van der Waals surface area contributed by atoms with Gasteiger partial charge >= 0.3 is 0 Å². The summed E-state index contributed by atoms with van der Waals surface area (Å²) in [7, 11) is 1.62. The van der Waals surface area contributed by atoms with Crippen LogP contribution in [0.2, 0.25) is 0 Å². The lowest BCUT2D eigenvalue weighted by Crippen LogP contribution is -2.41. The third kappa shape index (κ3) is 4.46. The van der Waals surface area contributed by atoms with E-state index in [0.29, 0.717) is 18.3 Å². The minimum atomic E-state index is 0.135. The van der Waals surface area contributed by atoms with Crippen LogP contribution in [0.5, 0.6) is 5.75 Å². The van der Waals surface area contributed by atoms with Crippen LogP contribution < -0.4 is 10.1 Å². The zero-order valence-electron chi connectivity index (χ0n) is 16.9. The summed E-state index contributed by atoms with van der Waals surface area (Å²) in [6.45, 7) is 3.75. The Morgan fingerprint density at radius 1 is 1.13 bits per heavy atom. The Kier molecular flexibility index (Phi) is 6.28. The molecule has 2 aromatic carbocycles. The van der Waals surface area contributed by atoms with Gasteiger partial charge < -0.3 is 19.2 Å². The minimum Gasteiger partial charge on any atom is -0.497 e. The van der Waals surface area contributed by atoms with Gasteiger partial charge in [0, 0.05) is 25.2 Å². The lowest BCUT2D eigenvalue weighted by atomic mass is 10.0. The van der Waals surface area contributed by atoms with Crippen LogP contribution in [-0.4, -0.2) is 49.8 Å². The Bertz CT molecular complexity index is 990. The first-order valence-corrected chi connectivity index (χ1v) is 9.94. The standard InChI is InChI=1S/C23H24N4O3/c1-28-19-9-7-18(8-10-19)22-26-20(15-24)23(30-22)25-16-21(17-5-3-2-4-6-17)27-11-13-29-14-12-27/h2-10,21,25H,11-14,16H2,1H3. The number of oxazole rings is 1. The molecule has 0 radical (unpaired) electrons. The molecule has 4 rings (SSSR count). The van der Waals surface area contributed by atoms with Crippen molar-refractivity contribution in [3.63, 3.8) is 0 Å². The van der Waals surface area contributed by atoms with E-state index in [0.717, 1.165) is 37.6 Å². The number of nitrogens with zero attached hydrogens (tertiary/aromatic N) is 3. The highest BCUT2D eigenvalue weighted by molar-refractivity contribution is 5.59. The van der Waals surface area contributed by atoms with E-state index >= 15 is 0 Å². The van der Waals surface area contributed by atoms with Crippen molar-refractivity contribution < 1.29 is 13.9 Å². The number of hydrogen-bond acceptors (Lipinski definition) is 7. The van der Waals surface area contributed by atoms with Crippen molar-refractivity contribution in [2.75, 3.05) is 45.3 Å². The van der Waals surface area contributed by atoms with Crippen molar-refractivity contribution in [2.24, 2.45) is 0 Å². The second-order valence-corrected chi connectivity index (χ2v) is 6.99. The highest BCUT2D eigenvalue weighted by Crippen LogP contribution is 2.28. The molecule has 0 aliphatic carbocycles. The van der Waals surface area contributed by atoms with E-state index in [2.05, 4.69) is 33.4 Å². The molecule has 0 spiro atoms. The molecule has 1 aliphatic rings. The second kappa shape index (κ2) is 9.44. The molecule has 1 fully saturated rings. The summed E-state index contributed by atoms with van der Waals surface area (Å²) in [4.78, 5) is 6.74. The van der Waals surface area contributed by atoms with Crippen LogP contribution in [0.1, 0.15) is 17.3 Å². The van der Waals surface area contributed by atoms with Gasteiger partial charge in [-0.2, -0.15) is 10.2 Å². The average Bonchev–Trinajstić information content (AvgIpc) is 3.24. The van der Waals surface area contributed by atoms with Gasteiger partial charge in [-0.1, -0.05) is 30.3 Å². The molecule has 1 aliphatic heterocycles. The van der Waals surface area contributed by atoms with Crippen molar-refractivity contribution in [3.05, 3.63) is 65.9 Å². The van der Waals surface area contributed by atoms with Crippen molar-refractivity contribution in [2.45, 2.75) is 6.04 Å². The average molecular weight is 404 g/mol. The fourth-order valence-corrected chi connectivity index (χ4v) is 3.58.